The third-order valence-corrected chi connectivity index (χ3v) is 6.81. The second-order valence-electron chi connectivity index (χ2n) is 7.25. The molecule has 5 nitrogen and oxygen atoms in total. The molecule has 0 saturated heterocycles. The van der Waals surface area contributed by atoms with E-state index in [0.717, 1.165) is 12.1 Å². The standard InChI is InChI=1S/C20H19F6NO4S/c1-12(2)32(30,31)16-9-3-13(4-10-16)11-17(28)27-15-7-5-14(6-8-15)18(29,19(21,22)23)20(24,25)26/h3-10,12,29H,11H2,1-2H3,(H,27,28). The van der Waals surface area contributed by atoms with Crippen LogP contribution in [0.15, 0.2) is 53.4 Å². The highest BCUT2D eigenvalue weighted by molar-refractivity contribution is 7.92. The van der Waals surface area contributed by atoms with Crippen LogP contribution in [-0.4, -0.2) is 37.0 Å². The summed E-state index contributed by atoms with van der Waals surface area (Å²) in [5.41, 5.74) is -6.16. The summed E-state index contributed by atoms with van der Waals surface area (Å²) in [6.45, 7) is 3.04. The summed E-state index contributed by atoms with van der Waals surface area (Å²) in [5.74, 6) is -0.640. The maximum absolute atomic E-state index is 12.9. The van der Waals surface area contributed by atoms with Crippen LogP contribution >= 0.6 is 0 Å². The Hall–Kier alpha value is -2.60. The third kappa shape index (κ3) is 5.07. The Bertz CT molecular complexity index is 1050. The zero-order chi connectivity index (χ0) is 24.5. The van der Waals surface area contributed by atoms with Crippen molar-refractivity contribution in [2.24, 2.45) is 0 Å². The molecule has 2 rings (SSSR count). The summed E-state index contributed by atoms with van der Waals surface area (Å²) >= 11 is 0. The van der Waals surface area contributed by atoms with Crippen LogP contribution in [0.1, 0.15) is 25.0 Å². The van der Waals surface area contributed by atoms with Crippen molar-refractivity contribution in [3.05, 3.63) is 59.7 Å². The molecule has 0 bridgehead atoms. The fraction of sp³-hybridized carbons (Fsp3) is 0.350. The van der Waals surface area contributed by atoms with Gasteiger partial charge in [-0.25, -0.2) is 8.42 Å². The van der Waals surface area contributed by atoms with Crippen LogP contribution in [0.4, 0.5) is 32.0 Å². The van der Waals surface area contributed by atoms with Gasteiger partial charge in [-0.2, -0.15) is 26.3 Å². The van der Waals surface area contributed by atoms with E-state index in [9.17, 15) is 44.7 Å². The summed E-state index contributed by atoms with van der Waals surface area (Å²) in [5, 5.41) is 11.0. The monoisotopic (exact) mass is 483 g/mol. The number of anilines is 1. The molecule has 0 aliphatic carbocycles. The average molecular weight is 483 g/mol. The van der Waals surface area contributed by atoms with Crippen molar-refractivity contribution in [3.63, 3.8) is 0 Å². The Morgan fingerprint density at radius 3 is 1.78 bits per heavy atom. The zero-order valence-electron chi connectivity index (χ0n) is 16.8. The molecule has 32 heavy (non-hydrogen) atoms. The second kappa shape index (κ2) is 8.74. The molecule has 0 fully saturated rings. The SMILES string of the molecule is CC(C)S(=O)(=O)c1ccc(CC(=O)Nc2ccc(C(O)(C(F)(F)F)C(F)(F)F)cc2)cc1. The molecule has 0 aliphatic heterocycles. The number of alkyl halides is 6. The van der Waals surface area contributed by atoms with E-state index in [4.69, 9.17) is 0 Å². The first-order valence-electron chi connectivity index (χ1n) is 9.09. The van der Waals surface area contributed by atoms with E-state index in [1.165, 1.54) is 38.1 Å². The van der Waals surface area contributed by atoms with E-state index >= 15 is 0 Å². The lowest BCUT2D eigenvalue weighted by Gasteiger charge is -2.32. The molecule has 0 atom stereocenters. The maximum Gasteiger partial charge on any atom is 0.430 e. The number of aliphatic hydroxyl groups is 1. The molecular formula is C20H19F6NO4S. The van der Waals surface area contributed by atoms with Crippen LogP contribution in [-0.2, 0) is 26.7 Å². The average Bonchev–Trinajstić information content (AvgIpc) is 2.66. The largest absolute Gasteiger partial charge is 0.430 e. The highest BCUT2D eigenvalue weighted by Crippen LogP contribution is 2.50. The van der Waals surface area contributed by atoms with Crippen LogP contribution < -0.4 is 5.32 Å². The first-order valence-corrected chi connectivity index (χ1v) is 10.6. The van der Waals surface area contributed by atoms with Crippen molar-refractivity contribution >= 4 is 21.4 Å². The fourth-order valence-electron chi connectivity index (χ4n) is 2.74. The molecule has 0 aliphatic rings. The summed E-state index contributed by atoms with van der Waals surface area (Å²) < 4.78 is 102. The highest BCUT2D eigenvalue weighted by atomic mass is 32.2. The van der Waals surface area contributed by atoms with Gasteiger partial charge in [0, 0.05) is 11.3 Å². The van der Waals surface area contributed by atoms with E-state index in [1.54, 1.807) is 0 Å². The number of nitrogens with one attached hydrogen (secondary N) is 1. The van der Waals surface area contributed by atoms with Crippen LogP contribution in [0.3, 0.4) is 0 Å². The predicted molar refractivity (Wildman–Crippen MR) is 104 cm³/mol. The first-order chi connectivity index (χ1) is 14.5. The third-order valence-electron chi connectivity index (χ3n) is 4.64. The molecular weight excluding hydrogens is 464 g/mol. The number of amides is 1. The molecule has 0 aromatic heterocycles. The number of carbonyl (C=O) groups excluding carboxylic acids is 1. The van der Waals surface area contributed by atoms with Crippen molar-refractivity contribution < 1.29 is 44.7 Å². The number of rotatable bonds is 6. The summed E-state index contributed by atoms with van der Waals surface area (Å²) in [7, 11) is -3.49. The van der Waals surface area contributed by atoms with E-state index in [1.807, 2.05) is 0 Å². The van der Waals surface area contributed by atoms with Crippen LogP contribution in [0.2, 0.25) is 0 Å². The second-order valence-corrected chi connectivity index (χ2v) is 9.75. The van der Waals surface area contributed by atoms with Gasteiger partial charge in [0.1, 0.15) is 0 Å². The van der Waals surface area contributed by atoms with Crippen molar-refractivity contribution in [3.8, 4) is 0 Å². The summed E-state index contributed by atoms with van der Waals surface area (Å²) in [4.78, 5) is 12.2. The minimum atomic E-state index is -6.01. The Balaban J connectivity index is 2.14. The van der Waals surface area contributed by atoms with Crippen molar-refractivity contribution in [2.45, 2.75) is 48.4 Å². The molecule has 0 unspecified atom stereocenters. The normalized spacial score (nSPS) is 13.3. The number of sulfone groups is 1. The molecule has 2 aromatic carbocycles. The van der Waals surface area contributed by atoms with Crippen molar-refractivity contribution in [1.29, 1.82) is 0 Å². The Labute approximate surface area is 180 Å². The topological polar surface area (TPSA) is 83.5 Å². The maximum atomic E-state index is 12.9. The van der Waals surface area contributed by atoms with Gasteiger partial charge in [-0.3, -0.25) is 4.79 Å². The summed E-state index contributed by atoms with van der Waals surface area (Å²) in [6.07, 6.45) is -12.2. The van der Waals surface area contributed by atoms with Crippen LogP contribution in [0.5, 0.6) is 0 Å². The van der Waals surface area contributed by atoms with Crippen LogP contribution in [0.25, 0.3) is 0 Å². The lowest BCUT2D eigenvalue weighted by molar-refractivity contribution is -0.376. The quantitative estimate of drug-likeness (QED) is 0.598. The van der Waals surface area contributed by atoms with Crippen molar-refractivity contribution in [2.75, 3.05) is 5.32 Å². The molecule has 0 spiro atoms. The van der Waals surface area contributed by atoms with E-state index in [0.29, 0.717) is 17.7 Å². The lowest BCUT2D eigenvalue weighted by Crippen LogP contribution is -2.53. The molecule has 176 valence electrons. The number of halogens is 6. The van der Waals surface area contributed by atoms with Gasteiger partial charge < -0.3 is 10.4 Å². The van der Waals surface area contributed by atoms with Gasteiger partial charge in [0.05, 0.1) is 16.6 Å². The van der Waals surface area contributed by atoms with Gasteiger partial charge in [0.25, 0.3) is 5.60 Å². The molecule has 0 radical (unpaired) electrons. The first kappa shape index (κ1) is 25.7. The molecule has 2 N–H and O–H groups in total. The number of benzene rings is 2. The van der Waals surface area contributed by atoms with Crippen molar-refractivity contribution in [1.82, 2.24) is 0 Å². The van der Waals surface area contributed by atoms with Gasteiger partial charge in [0.2, 0.25) is 5.91 Å². The fourth-order valence-corrected chi connectivity index (χ4v) is 3.80. The van der Waals surface area contributed by atoms with Gasteiger partial charge >= 0.3 is 12.4 Å². The zero-order valence-corrected chi connectivity index (χ0v) is 17.6. The molecule has 0 saturated carbocycles. The number of hydrogen-bond acceptors (Lipinski definition) is 4. The van der Waals surface area contributed by atoms with E-state index in [-0.39, 0.29) is 17.0 Å². The molecule has 2 aromatic rings. The molecule has 0 heterocycles. The number of hydrogen-bond donors (Lipinski definition) is 2. The smallest absolute Gasteiger partial charge is 0.369 e. The lowest BCUT2D eigenvalue weighted by atomic mass is 9.92. The Morgan fingerprint density at radius 2 is 1.38 bits per heavy atom. The van der Waals surface area contributed by atoms with Gasteiger partial charge in [-0.15, -0.1) is 0 Å². The number of carbonyl (C=O) groups is 1. The minimum Gasteiger partial charge on any atom is -0.369 e. The molecule has 12 heteroatoms. The molecule has 1 amide bonds. The summed E-state index contributed by atoms with van der Waals surface area (Å²) in [6, 6.07) is 7.95. The van der Waals surface area contributed by atoms with Gasteiger partial charge in [-0.05, 0) is 43.7 Å². The van der Waals surface area contributed by atoms with Crippen LogP contribution in [0, 0.1) is 0 Å². The predicted octanol–water partition coefficient (Wildman–Crippen LogP) is 4.36. The highest BCUT2D eigenvalue weighted by Gasteiger charge is 2.71. The van der Waals surface area contributed by atoms with Gasteiger partial charge in [-0.1, -0.05) is 24.3 Å². The van der Waals surface area contributed by atoms with E-state index in [2.05, 4.69) is 5.32 Å². The van der Waals surface area contributed by atoms with Gasteiger partial charge in [0.15, 0.2) is 9.84 Å². The minimum absolute atomic E-state index is 0.0778. The van der Waals surface area contributed by atoms with E-state index < -0.39 is 44.5 Å². The Kier molecular flexibility index (Phi) is 7.01. The Morgan fingerprint density at radius 1 is 0.906 bits per heavy atom.